The van der Waals surface area contributed by atoms with Gasteiger partial charge in [-0.15, -0.1) is 0 Å². The number of rotatable bonds is 7. The standard InChI is InChI=1S/C22H20Cl2N4O2/c1-14-19(15(2)28(27-14)21-7-6-17(23)11-20(21)24)12-22(29)26-13-16-4-3-5-18(10-16)30-9-8-25/h3-7,10-11H,9,12-13H2,1-2H3,(H,26,29). The fourth-order valence-electron chi connectivity index (χ4n) is 3.10. The van der Waals surface area contributed by atoms with Gasteiger partial charge in [-0.2, -0.15) is 10.4 Å². The molecule has 3 aromatic rings. The largest absolute Gasteiger partial charge is 0.479 e. The second kappa shape index (κ2) is 9.66. The van der Waals surface area contributed by atoms with E-state index in [0.717, 1.165) is 22.5 Å². The molecule has 1 amide bonds. The molecule has 0 unspecified atom stereocenters. The molecule has 8 heteroatoms. The van der Waals surface area contributed by atoms with Crippen molar-refractivity contribution >= 4 is 29.1 Å². The summed E-state index contributed by atoms with van der Waals surface area (Å²) in [5, 5.41) is 17.1. The fraction of sp³-hybridized carbons (Fsp3) is 0.227. The van der Waals surface area contributed by atoms with Crippen LogP contribution in [0.15, 0.2) is 42.5 Å². The second-order valence-corrected chi connectivity index (χ2v) is 7.55. The van der Waals surface area contributed by atoms with Crippen molar-refractivity contribution in [1.82, 2.24) is 15.1 Å². The van der Waals surface area contributed by atoms with E-state index in [0.29, 0.717) is 28.0 Å². The third-order valence-corrected chi connectivity index (χ3v) is 5.15. The normalized spacial score (nSPS) is 10.5. The van der Waals surface area contributed by atoms with Crippen molar-refractivity contribution in [2.24, 2.45) is 0 Å². The minimum Gasteiger partial charge on any atom is -0.479 e. The number of benzene rings is 2. The first kappa shape index (κ1) is 21.7. The zero-order valence-electron chi connectivity index (χ0n) is 16.6. The molecule has 0 aliphatic rings. The van der Waals surface area contributed by atoms with Crippen molar-refractivity contribution in [3.05, 3.63) is 75.0 Å². The Morgan fingerprint density at radius 3 is 2.77 bits per heavy atom. The molecule has 0 spiro atoms. The number of amides is 1. The number of hydrogen-bond donors (Lipinski definition) is 1. The van der Waals surface area contributed by atoms with Gasteiger partial charge in [0.25, 0.3) is 0 Å². The van der Waals surface area contributed by atoms with Gasteiger partial charge in [0.15, 0.2) is 6.61 Å². The number of aryl methyl sites for hydroxylation is 1. The van der Waals surface area contributed by atoms with Crippen molar-refractivity contribution in [3.8, 4) is 17.5 Å². The first-order valence-electron chi connectivity index (χ1n) is 9.25. The van der Waals surface area contributed by atoms with E-state index in [1.807, 2.05) is 32.0 Å². The highest BCUT2D eigenvalue weighted by Gasteiger charge is 2.17. The van der Waals surface area contributed by atoms with Gasteiger partial charge in [0.2, 0.25) is 5.91 Å². The van der Waals surface area contributed by atoms with Crippen LogP contribution in [0.1, 0.15) is 22.5 Å². The van der Waals surface area contributed by atoms with E-state index in [4.69, 9.17) is 33.2 Å². The smallest absolute Gasteiger partial charge is 0.224 e. The number of nitriles is 1. The number of carbonyl (C=O) groups excluding carboxylic acids is 1. The van der Waals surface area contributed by atoms with Crippen molar-refractivity contribution in [1.29, 1.82) is 5.26 Å². The Morgan fingerprint density at radius 1 is 1.23 bits per heavy atom. The van der Waals surface area contributed by atoms with Crippen LogP contribution in [0.25, 0.3) is 5.69 Å². The van der Waals surface area contributed by atoms with Crippen LogP contribution in [0.4, 0.5) is 0 Å². The molecule has 3 rings (SSSR count). The van der Waals surface area contributed by atoms with E-state index in [-0.39, 0.29) is 18.9 Å². The highest BCUT2D eigenvalue weighted by atomic mass is 35.5. The third-order valence-electron chi connectivity index (χ3n) is 4.61. The number of nitrogens with one attached hydrogen (secondary N) is 1. The molecule has 2 aromatic carbocycles. The van der Waals surface area contributed by atoms with Crippen LogP contribution in [0.5, 0.6) is 5.75 Å². The summed E-state index contributed by atoms with van der Waals surface area (Å²) < 4.78 is 7.02. The Balaban J connectivity index is 1.69. The molecule has 6 nitrogen and oxygen atoms in total. The number of ether oxygens (including phenoxy) is 1. The number of nitrogens with zero attached hydrogens (tertiary/aromatic N) is 3. The Labute approximate surface area is 185 Å². The summed E-state index contributed by atoms with van der Waals surface area (Å²) >= 11 is 12.3. The second-order valence-electron chi connectivity index (χ2n) is 6.70. The van der Waals surface area contributed by atoms with Crippen molar-refractivity contribution in [2.75, 3.05) is 6.61 Å². The zero-order chi connectivity index (χ0) is 21.7. The lowest BCUT2D eigenvalue weighted by molar-refractivity contribution is -0.120. The third kappa shape index (κ3) is 5.12. The van der Waals surface area contributed by atoms with Gasteiger partial charge in [-0.25, -0.2) is 4.68 Å². The molecule has 0 saturated heterocycles. The van der Waals surface area contributed by atoms with E-state index < -0.39 is 0 Å². The molecule has 0 atom stereocenters. The molecule has 1 aromatic heterocycles. The molecular formula is C22H20Cl2N4O2. The summed E-state index contributed by atoms with van der Waals surface area (Å²) in [4.78, 5) is 12.5. The minimum absolute atomic E-state index is 0.0179. The zero-order valence-corrected chi connectivity index (χ0v) is 18.1. The molecule has 0 bridgehead atoms. The van der Waals surface area contributed by atoms with Gasteiger partial charge in [-0.1, -0.05) is 35.3 Å². The first-order valence-corrected chi connectivity index (χ1v) is 10.0. The predicted molar refractivity (Wildman–Crippen MR) is 116 cm³/mol. The Kier molecular flexibility index (Phi) is 6.99. The maximum atomic E-state index is 12.5. The number of carbonyl (C=O) groups is 1. The summed E-state index contributed by atoms with van der Waals surface area (Å²) in [6.07, 6.45) is 0.202. The quantitative estimate of drug-likeness (QED) is 0.581. The minimum atomic E-state index is -0.119. The molecule has 30 heavy (non-hydrogen) atoms. The van der Waals surface area contributed by atoms with Crippen LogP contribution < -0.4 is 10.1 Å². The average molecular weight is 443 g/mol. The summed E-state index contributed by atoms with van der Waals surface area (Å²) in [5.74, 6) is 0.474. The van der Waals surface area contributed by atoms with Gasteiger partial charge in [0.1, 0.15) is 11.8 Å². The number of hydrogen-bond acceptors (Lipinski definition) is 4. The Morgan fingerprint density at radius 2 is 2.03 bits per heavy atom. The van der Waals surface area contributed by atoms with E-state index in [1.165, 1.54) is 0 Å². The SMILES string of the molecule is Cc1nn(-c2ccc(Cl)cc2Cl)c(C)c1CC(=O)NCc1cccc(OCC#N)c1. The molecule has 1 N–H and O–H groups in total. The average Bonchev–Trinajstić information content (AvgIpc) is 2.99. The molecule has 0 fully saturated rings. The van der Waals surface area contributed by atoms with Gasteiger partial charge in [0, 0.05) is 22.8 Å². The maximum absolute atomic E-state index is 12.5. The van der Waals surface area contributed by atoms with Crippen LogP contribution in [0, 0.1) is 25.2 Å². The molecule has 0 aliphatic carbocycles. The van der Waals surface area contributed by atoms with Gasteiger partial charge in [0.05, 0.1) is 22.8 Å². The van der Waals surface area contributed by atoms with Crippen LogP contribution in [-0.2, 0) is 17.8 Å². The van der Waals surface area contributed by atoms with E-state index >= 15 is 0 Å². The van der Waals surface area contributed by atoms with E-state index in [2.05, 4.69) is 10.4 Å². The maximum Gasteiger partial charge on any atom is 0.224 e. The molecule has 0 saturated carbocycles. The van der Waals surface area contributed by atoms with Crippen LogP contribution in [0.2, 0.25) is 10.0 Å². The highest BCUT2D eigenvalue weighted by Crippen LogP contribution is 2.27. The molecule has 0 radical (unpaired) electrons. The van der Waals surface area contributed by atoms with Crippen LogP contribution in [-0.4, -0.2) is 22.3 Å². The van der Waals surface area contributed by atoms with Crippen molar-refractivity contribution in [3.63, 3.8) is 0 Å². The predicted octanol–water partition coefficient (Wildman–Crippen LogP) is 4.56. The molecule has 154 valence electrons. The lowest BCUT2D eigenvalue weighted by atomic mass is 10.1. The Hall–Kier alpha value is -3.01. The molecular weight excluding hydrogens is 423 g/mol. The molecule has 1 heterocycles. The first-order chi connectivity index (χ1) is 14.4. The Bertz CT molecular complexity index is 1120. The number of halogens is 2. The summed E-state index contributed by atoms with van der Waals surface area (Å²) in [5.41, 5.74) is 4.06. The van der Waals surface area contributed by atoms with Crippen LogP contribution >= 0.6 is 23.2 Å². The number of aromatic nitrogens is 2. The van der Waals surface area contributed by atoms with E-state index in [1.54, 1.807) is 35.0 Å². The van der Waals surface area contributed by atoms with Crippen molar-refractivity contribution < 1.29 is 9.53 Å². The summed E-state index contributed by atoms with van der Waals surface area (Å²) in [6.45, 7) is 4.11. The van der Waals surface area contributed by atoms with Gasteiger partial charge >= 0.3 is 0 Å². The van der Waals surface area contributed by atoms with E-state index in [9.17, 15) is 4.79 Å². The topological polar surface area (TPSA) is 79.9 Å². The van der Waals surface area contributed by atoms with Crippen LogP contribution in [0.3, 0.4) is 0 Å². The van der Waals surface area contributed by atoms with Gasteiger partial charge in [-0.05, 0) is 49.7 Å². The summed E-state index contributed by atoms with van der Waals surface area (Å²) in [7, 11) is 0. The lowest BCUT2D eigenvalue weighted by Crippen LogP contribution is -2.25. The van der Waals surface area contributed by atoms with Gasteiger partial charge in [-0.3, -0.25) is 4.79 Å². The molecule has 0 aliphatic heterocycles. The lowest BCUT2D eigenvalue weighted by Gasteiger charge is -2.09. The van der Waals surface area contributed by atoms with Gasteiger partial charge < -0.3 is 10.1 Å². The summed E-state index contributed by atoms with van der Waals surface area (Å²) in [6, 6.07) is 14.4. The monoisotopic (exact) mass is 442 g/mol. The van der Waals surface area contributed by atoms with Crippen molar-refractivity contribution in [2.45, 2.75) is 26.8 Å². The fourth-order valence-corrected chi connectivity index (χ4v) is 3.59. The highest BCUT2D eigenvalue weighted by molar-refractivity contribution is 6.35.